The summed E-state index contributed by atoms with van der Waals surface area (Å²) in [6, 6.07) is 1.96. The standard InChI is InChI=1S/C14H24N4O/c1-4-11-17-12(15-5-2)9-13(18-11)16-10-14(3)7-6-8-19-14/h9H,4-8,10H2,1-3H3,(H2,15,16,17,18). The molecule has 106 valence electrons. The van der Waals surface area contributed by atoms with Crippen molar-refractivity contribution in [2.75, 3.05) is 30.3 Å². The van der Waals surface area contributed by atoms with Crippen LogP contribution in [0.4, 0.5) is 11.6 Å². The first-order valence-electron chi connectivity index (χ1n) is 7.15. The predicted octanol–water partition coefficient (Wildman–Crippen LogP) is 2.45. The molecule has 5 heteroatoms. The van der Waals surface area contributed by atoms with Gasteiger partial charge in [0.1, 0.15) is 17.5 Å². The number of rotatable bonds is 6. The second-order valence-electron chi connectivity index (χ2n) is 5.19. The number of hydrogen-bond donors (Lipinski definition) is 2. The van der Waals surface area contributed by atoms with Crippen LogP contribution in [0.5, 0.6) is 0 Å². The summed E-state index contributed by atoms with van der Waals surface area (Å²) in [5.74, 6) is 2.62. The highest BCUT2D eigenvalue weighted by molar-refractivity contribution is 5.47. The number of nitrogens with zero attached hydrogens (tertiary/aromatic N) is 2. The molecule has 0 bridgehead atoms. The van der Waals surface area contributed by atoms with Gasteiger partial charge in [0.2, 0.25) is 0 Å². The molecular formula is C14H24N4O. The maximum atomic E-state index is 5.77. The smallest absolute Gasteiger partial charge is 0.132 e. The molecule has 1 unspecified atom stereocenters. The van der Waals surface area contributed by atoms with Crippen molar-refractivity contribution in [3.63, 3.8) is 0 Å². The van der Waals surface area contributed by atoms with Crippen molar-refractivity contribution >= 4 is 11.6 Å². The van der Waals surface area contributed by atoms with Crippen LogP contribution in [0.25, 0.3) is 0 Å². The van der Waals surface area contributed by atoms with E-state index in [1.165, 1.54) is 0 Å². The Morgan fingerprint density at radius 2 is 2.00 bits per heavy atom. The summed E-state index contributed by atoms with van der Waals surface area (Å²) >= 11 is 0. The summed E-state index contributed by atoms with van der Waals surface area (Å²) in [6.07, 6.45) is 3.08. The Balaban J connectivity index is 2.04. The minimum absolute atomic E-state index is 0.0598. The molecule has 1 aromatic heterocycles. The fourth-order valence-electron chi connectivity index (χ4n) is 2.27. The zero-order valence-electron chi connectivity index (χ0n) is 12.1. The molecule has 5 nitrogen and oxygen atoms in total. The molecule has 0 radical (unpaired) electrons. The first kappa shape index (κ1) is 14.1. The van der Waals surface area contributed by atoms with Gasteiger partial charge in [-0.05, 0) is 26.7 Å². The maximum Gasteiger partial charge on any atom is 0.132 e. The predicted molar refractivity (Wildman–Crippen MR) is 77.7 cm³/mol. The highest BCUT2D eigenvalue weighted by Gasteiger charge is 2.29. The molecule has 1 aliphatic rings. The number of aromatic nitrogens is 2. The van der Waals surface area contributed by atoms with Crippen LogP contribution in [0.1, 0.15) is 39.4 Å². The summed E-state index contributed by atoms with van der Waals surface area (Å²) in [7, 11) is 0. The van der Waals surface area contributed by atoms with E-state index in [0.717, 1.165) is 56.4 Å². The van der Waals surface area contributed by atoms with Crippen molar-refractivity contribution in [1.29, 1.82) is 0 Å². The molecule has 1 saturated heterocycles. The topological polar surface area (TPSA) is 59.1 Å². The van der Waals surface area contributed by atoms with Crippen molar-refractivity contribution in [1.82, 2.24) is 9.97 Å². The van der Waals surface area contributed by atoms with Gasteiger partial charge in [-0.1, -0.05) is 6.92 Å². The molecule has 0 amide bonds. The van der Waals surface area contributed by atoms with E-state index >= 15 is 0 Å². The molecule has 19 heavy (non-hydrogen) atoms. The lowest BCUT2D eigenvalue weighted by Crippen LogP contribution is -2.32. The minimum Gasteiger partial charge on any atom is -0.373 e. The summed E-state index contributed by atoms with van der Waals surface area (Å²) < 4.78 is 5.77. The molecule has 1 fully saturated rings. The zero-order chi connectivity index (χ0) is 13.7. The Morgan fingerprint density at radius 1 is 1.26 bits per heavy atom. The van der Waals surface area contributed by atoms with Gasteiger partial charge in [-0.3, -0.25) is 0 Å². The second-order valence-corrected chi connectivity index (χ2v) is 5.19. The zero-order valence-corrected chi connectivity index (χ0v) is 12.1. The van der Waals surface area contributed by atoms with E-state index in [2.05, 4.69) is 41.4 Å². The highest BCUT2D eigenvalue weighted by atomic mass is 16.5. The van der Waals surface area contributed by atoms with Crippen molar-refractivity contribution in [2.45, 2.75) is 45.6 Å². The Bertz CT molecular complexity index is 416. The minimum atomic E-state index is -0.0598. The van der Waals surface area contributed by atoms with Crippen molar-refractivity contribution in [3.05, 3.63) is 11.9 Å². The van der Waals surface area contributed by atoms with Gasteiger partial charge in [-0.15, -0.1) is 0 Å². The van der Waals surface area contributed by atoms with Gasteiger partial charge < -0.3 is 15.4 Å². The van der Waals surface area contributed by atoms with E-state index < -0.39 is 0 Å². The summed E-state index contributed by atoms with van der Waals surface area (Å²) in [5, 5.41) is 6.62. The van der Waals surface area contributed by atoms with Gasteiger partial charge in [0, 0.05) is 32.2 Å². The van der Waals surface area contributed by atoms with Gasteiger partial charge in [0.25, 0.3) is 0 Å². The van der Waals surface area contributed by atoms with Crippen LogP contribution in [-0.4, -0.2) is 35.3 Å². The Hall–Kier alpha value is -1.36. The molecular weight excluding hydrogens is 240 g/mol. The van der Waals surface area contributed by atoms with Crippen molar-refractivity contribution < 1.29 is 4.74 Å². The number of anilines is 2. The molecule has 0 aliphatic carbocycles. The summed E-state index contributed by atoms with van der Waals surface area (Å²) in [6.45, 7) is 8.80. The van der Waals surface area contributed by atoms with Crippen molar-refractivity contribution in [2.24, 2.45) is 0 Å². The van der Waals surface area contributed by atoms with Crippen molar-refractivity contribution in [3.8, 4) is 0 Å². The van der Waals surface area contributed by atoms with E-state index in [-0.39, 0.29) is 5.60 Å². The van der Waals surface area contributed by atoms with E-state index in [0.29, 0.717) is 0 Å². The van der Waals surface area contributed by atoms with Crippen LogP contribution in [0, 0.1) is 0 Å². The van der Waals surface area contributed by atoms with Crippen LogP contribution in [0.15, 0.2) is 6.07 Å². The van der Waals surface area contributed by atoms with Gasteiger partial charge in [0.05, 0.1) is 5.60 Å². The average Bonchev–Trinajstić information content (AvgIpc) is 2.84. The number of ether oxygens (including phenoxy) is 1. The highest BCUT2D eigenvalue weighted by Crippen LogP contribution is 2.25. The van der Waals surface area contributed by atoms with Gasteiger partial charge in [0.15, 0.2) is 0 Å². The Morgan fingerprint density at radius 3 is 2.58 bits per heavy atom. The molecule has 1 aromatic rings. The van der Waals surface area contributed by atoms with Crippen LogP contribution in [-0.2, 0) is 11.2 Å². The van der Waals surface area contributed by atoms with Crippen LogP contribution in [0.2, 0.25) is 0 Å². The lowest BCUT2D eigenvalue weighted by atomic mass is 10.0. The SMILES string of the molecule is CCNc1cc(NCC2(C)CCCO2)nc(CC)n1. The summed E-state index contributed by atoms with van der Waals surface area (Å²) in [5.41, 5.74) is -0.0598. The van der Waals surface area contributed by atoms with Crippen LogP contribution < -0.4 is 10.6 Å². The van der Waals surface area contributed by atoms with E-state index in [4.69, 9.17) is 4.74 Å². The molecule has 2 N–H and O–H groups in total. The average molecular weight is 264 g/mol. The third-order valence-corrected chi connectivity index (χ3v) is 3.39. The molecule has 2 rings (SSSR count). The Labute approximate surface area is 115 Å². The summed E-state index contributed by atoms with van der Waals surface area (Å²) in [4.78, 5) is 8.95. The van der Waals surface area contributed by atoms with E-state index in [1.807, 2.05) is 6.07 Å². The van der Waals surface area contributed by atoms with E-state index in [1.54, 1.807) is 0 Å². The number of hydrogen-bond acceptors (Lipinski definition) is 5. The molecule has 0 aromatic carbocycles. The first-order valence-corrected chi connectivity index (χ1v) is 7.15. The molecule has 0 spiro atoms. The lowest BCUT2D eigenvalue weighted by Gasteiger charge is -2.23. The van der Waals surface area contributed by atoms with Gasteiger partial charge in [-0.2, -0.15) is 0 Å². The molecule has 0 saturated carbocycles. The first-order chi connectivity index (χ1) is 9.15. The Kier molecular flexibility index (Phi) is 4.58. The van der Waals surface area contributed by atoms with Crippen LogP contribution >= 0.6 is 0 Å². The van der Waals surface area contributed by atoms with Gasteiger partial charge in [-0.25, -0.2) is 9.97 Å². The molecule has 2 heterocycles. The lowest BCUT2D eigenvalue weighted by molar-refractivity contribution is 0.0314. The third-order valence-electron chi connectivity index (χ3n) is 3.39. The fourth-order valence-corrected chi connectivity index (χ4v) is 2.27. The fraction of sp³-hybridized carbons (Fsp3) is 0.714. The normalized spacial score (nSPS) is 22.5. The number of nitrogens with one attached hydrogen (secondary N) is 2. The van der Waals surface area contributed by atoms with Crippen LogP contribution in [0.3, 0.4) is 0 Å². The number of aryl methyl sites for hydroxylation is 1. The quantitative estimate of drug-likeness (QED) is 0.826. The largest absolute Gasteiger partial charge is 0.373 e. The van der Waals surface area contributed by atoms with E-state index in [9.17, 15) is 0 Å². The maximum absolute atomic E-state index is 5.77. The molecule has 1 atom stereocenters. The monoisotopic (exact) mass is 264 g/mol. The second kappa shape index (κ2) is 6.19. The third kappa shape index (κ3) is 3.80. The molecule has 1 aliphatic heterocycles. The van der Waals surface area contributed by atoms with Gasteiger partial charge >= 0.3 is 0 Å².